The van der Waals surface area contributed by atoms with Crippen molar-refractivity contribution in [1.82, 2.24) is 10.2 Å². The van der Waals surface area contributed by atoms with Crippen LogP contribution in [-0.4, -0.2) is 38.1 Å². The molecule has 0 amide bonds. The highest BCUT2D eigenvalue weighted by atomic mass is 15.1. The first-order valence-electron chi connectivity index (χ1n) is 9.12. The molecule has 0 spiro atoms. The minimum atomic E-state index is 0.648. The van der Waals surface area contributed by atoms with Crippen molar-refractivity contribution < 1.29 is 0 Å². The van der Waals surface area contributed by atoms with E-state index in [4.69, 9.17) is 0 Å². The maximum atomic E-state index is 3.45. The van der Waals surface area contributed by atoms with Gasteiger partial charge in [0.15, 0.2) is 0 Å². The molecule has 1 rings (SSSR count). The maximum absolute atomic E-state index is 3.45. The van der Waals surface area contributed by atoms with Gasteiger partial charge in [0, 0.05) is 0 Å². The molecule has 1 aliphatic rings. The topological polar surface area (TPSA) is 15.3 Å². The molecule has 2 heteroatoms. The summed E-state index contributed by atoms with van der Waals surface area (Å²) in [7, 11) is 2.24. The zero-order chi connectivity index (χ0) is 16.4. The fourth-order valence-electron chi connectivity index (χ4n) is 2.40. The van der Waals surface area contributed by atoms with Crippen LogP contribution in [0.25, 0.3) is 0 Å². The van der Waals surface area contributed by atoms with Gasteiger partial charge in [0.2, 0.25) is 0 Å². The van der Waals surface area contributed by atoms with E-state index in [2.05, 4.69) is 31.1 Å². The predicted molar refractivity (Wildman–Crippen MR) is 96.7 cm³/mol. The Bertz CT molecular complexity index is 149. The summed E-state index contributed by atoms with van der Waals surface area (Å²) in [6.07, 6.45) is 5.51. The summed E-state index contributed by atoms with van der Waals surface area (Å²) >= 11 is 0. The summed E-state index contributed by atoms with van der Waals surface area (Å²) < 4.78 is 0. The molecular formula is C18H44N2. The number of nitrogens with zero attached hydrogens (tertiary/aromatic N) is 1. The Balaban J connectivity index is -0.000000425. The minimum absolute atomic E-state index is 0.648. The van der Waals surface area contributed by atoms with Crippen molar-refractivity contribution in [2.24, 2.45) is 5.41 Å². The number of rotatable bonds is 5. The highest BCUT2D eigenvalue weighted by Crippen LogP contribution is 2.37. The van der Waals surface area contributed by atoms with E-state index in [9.17, 15) is 0 Å². The van der Waals surface area contributed by atoms with Crippen LogP contribution >= 0.6 is 0 Å². The third kappa shape index (κ3) is 11.7. The molecule has 1 heterocycles. The first-order chi connectivity index (χ1) is 9.72. The van der Waals surface area contributed by atoms with Gasteiger partial charge in [-0.3, -0.25) is 0 Å². The first kappa shape index (κ1) is 24.9. The lowest BCUT2D eigenvalue weighted by atomic mass is 9.74. The van der Waals surface area contributed by atoms with Crippen molar-refractivity contribution in [3.8, 4) is 0 Å². The normalized spacial score (nSPS) is 16.6. The Hall–Kier alpha value is -0.0800. The summed E-state index contributed by atoms with van der Waals surface area (Å²) in [5.41, 5.74) is 0.648. The monoisotopic (exact) mass is 288 g/mol. The molecule has 2 nitrogen and oxygen atoms in total. The van der Waals surface area contributed by atoms with E-state index < -0.39 is 0 Å². The molecule has 1 aliphatic heterocycles. The molecule has 0 saturated carbocycles. The fraction of sp³-hybridized carbons (Fsp3) is 1.00. The van der Waals surface area contributed by atoms with Crippen molar-refractivity contribution in [3.05, 3.63) is 0 Å². The van der Waals surface area contributed by atoms with Crippen molar-refractivity contribution >= 4 is 0 Å². The van der Waals surface area contributed by atoms with E-state index in [1.165, 1.54) is 45.3 Å². The van der Waals surface area contributed by atoms with Crippen LogP contribution in [0.2, 0.25) is 0 Å². The largest absolute Gasteiger partial charge is 0.317 e. The molecule has 126 valence electrons. The van der Waals surface area contributed by atoms with E-state index in [0.717, 1.165) is 6.54 Å². The highest BCUT2D eigenvalue weighted by Gasteiger charge is 2.30. The van der Waals surface area contributed by atoms with Gasteiger partial charge in [0.25, 0.3) is 0 Å². The SMILES string of the molecule is CC.CC.CC.CCNCCC1(CC)CCN(C)CC1. The zero-order valence-electron chi connectivity index (χ0n) is 16.1. The quantitative estimate of drug-likeness (QED) is 0.701. The van der Waals surface area contributed by atoms with Crippen LogP contribution in [-0.2, 0) is 0 Å². The number of nitrogens with one attached hydrogen (secondary N) is 1. The van der Waals surface area contributed by atoms with Crippen LogP contribution in [0.5, 0.6) is 0 Å². The van der Waals surface area contributed by atoms with E-state index in [0.29, 0.717) is 5.41 Å². The van der Waals surface area contributed by atoms with Gasteiger partial charge in [-0.15, -0.1) is 0 Å². The van der Waals surface area contributed by atoms with Crippen molar-refractivity contribution in [1.29, 1.82) is 0 Å². The predicted octanol–water partition coefficient (Wildman–Crippen LogP) is 5.19. The highest BCUT2D eigenvalue weighted by molar-refractivity contribution is 4.84. The zero-order valence-corrected chi connectivity index (χ0v) is 16.1. The molecule has 0 radical (unpaired) electrons. The second-order valence-electron chi connectivity index (χ2n) is 4.76. The van der Waals surface area contributed by atoms with Crippen LogP contribution < -0.4 is 5.32 Å². The lowest BCUT2D eigenvalue weighted by molar-refractivity contribution is 0.108. The van der Waals surface area contributed by atoms with Gasteiger partial charge in [-0.2, -0.15) is 0 Å². The Morgan fingerprint density at radius 1 is 0.900 bits per heavy atom. The van der Waals surface area contributed by atoms with Crippen LogP contribution in [0.3, 0.4) is 0 Å². The molecule has 0 bridgehead atoms. The second kappa shape index (κ2) is 18.9. The molecule has 0 unspecified atom stereocenters. The maximum Gasteiger partial charge on any atom is -0.00165 e. The fourth-order valence-corrected chi connectivity index (χ4v) is 2.40. The van der Waals surface area contributed by atoms with Gasteiger partial charge >= 0.3 is 0 Å². The summed E-state index contributed by atoms with van der Waals surface area (Å²) in [5.74, 6) is 0. The molecular weight excluding hydrogens is 244 g/mol. The summed E-state index contributed by atoms with van der Waals surface area (Å²) in [6, 6.07) is 0. The number of hydrogen-bond donors (Lipinski definition) is 1. The Morgan fingerprint density at radius 3 is 1.70 bits per heavy atom. The Kier molecular flexibility index (Phi) is 23.6. The number of likely N-dealkylation sites (tertiary alicyclic amines) is 1. The van der Waals surface area contributed by atoms with Crippen molar-refractivity contribution in [2.75, 3.05) is 33.2 Å². The van der Waals surface area contributed by atoms with E-state index in [1.54, 1.807) is 0 Å². The summed E-state index contributed by atoms with van der Waals surface area (Å²) in [5, 5.41) is 3.45. The number of piperidine rings is 1. The molecule has 1 fully saturated rings. The average Bonchev–Trinajstić information content (AvgIpc) is 2.56. The molecule has 1 saturated heterocycles. The van der Waals surface area contributed by atoms with E-state index >= 15 is 0 Å². The van der Waals surface area contributed by atoms with Gasteiger partial charge in [0.1, 0.15) is 0 Å². The van der Waals surface area contributed by atoms with Crippen LogP contribution in [0.4, 0.5) is 0 Å². The van der Waals surface area contributed by atoms with Gasteiger partial charge in [0.05, 0.1) is 0 Å². The third-order valence-corrected chi connectivity index (χ3v) is 3.88. The average molecular weight is 289 g/mol. The van der Waals surface area contributed by atoms with Gasteiger partial charge in [-0.1, -0.05) is 61.8 Å². The van der Waals surface area contributed by atoms with Crippen LogP contribution in [0, 0.1) is 5.41 Å². The molecule has 0 aliphatic carbocycles. The van der Waals surface area contributed by atoms with Crippen LogP contribution in [0.1, 0.15) is 81.1 Å². The van der Waals surface area contributed by atoms with Crippen molar-refractivity contribution in [3.63, 3.8) is 0 Å². The van der Waals surface area contributed by atoms with E-state index in [-0.39, 0.29) is 0 Å². The standard InChI is InChI=1S/C12H26N2.3C2H6/c1-4-12(6-9-13-5-2)7-10-14(3)11-8-12;3*1-2/h13H,4-11H2,1-3H3;3*1-2H3. The molecule has 0 aromatic rings. The van der Waals surface area contributed by atoms with Crippen molar-refractivity contribution in [2.45, 2.75) is 81.1 Å². The lowest BCUT2D eigenvalue weighted by Gasteiger charge is -2.40. The summed E-state index contributed by atoms with van der Waals surface area (Å²) in [6.45, 7) is 21.4. The first-order valence-corrected chi connectivity index (χ1v) is 9.12. The third-order valence-electron chi connectivity index (χ3n) is 3.88. The molecule has 0 atom stereocenters. The second-order valence-corrected chi connectivity index (χ2v) is 4.76. The van der Waals surface area contributed by atoms with Gasteiger partial charge < -0.3 is 10.2 Å². The van der Waals surface area contributed by atoms with Gasteiger partial charge in [-0.05, 0) is 57.9 Å². The van der Waals surface area contributed by atoms with E-state index in [1.807, 2.05) is 41.5 Å². The molecule has 20 heavy (non-hydrogen) atoms. The molecule has 1 N–H and O–H groups in total. The molecule has 0 aromatic heterocycles. The number of hydrogen-bond acceptors (Lipinski definition) is 2. The van der Waals surface area contributed by atoms with Gasteiger partial charge in [-0.25, -0.2) is 0 Å². The summed E-state index contributed by atoms with van der Waals surface area (Å²) in [4.78, 5) is 2.46. The minimum Gasteiger partial charge on any atom is -0.317 e. The lowest BCUT2D eigenvalue weighted by Crippen LogP contribution is -2.39. The Labute approximate surface area is 130 Å². The smallest absolute Gasteiger partial charge is 0.00165 e. The molecule has 0 aromatic carbocycles. The Morgan fingerprint density at radius 2 is 1.35 bits per heavy atom. The van der Waals surface area contributed by atoms with Crippen LogP contribution in [0.15, 0.2) is 0 Å².